The Morgan fingerprint density at radius 1 is 1.31 bits per heavy atom. The van der Waals surface area contributed by atoms with Crippen molar-refractivity contribution in [2.45, 2.75) is 13.0 Å². The first-order chi connectivity index (χ1) is 11.7. The SMILES string of the molecule is CNc1nc(C(=O)N2C[C@@H]3CNC[C@@H]3[C@@H]2c2ccccc2C)cs1.Cl.Cl. The van der Waals surface area contributed by atoms with Crippen molar-refractivity contribution in [3.05, 3.63) is 46.5 Å². The van der Waals surface area contributed by atoms with Gasteiger partial charge in [-0.05, 0) is 24.0 Å². The summed E-state index contributed by atoms with van der Waals surface area (Å²) in [6.07, 6.45) is 0. The molecule has 3 heterocycles. The molecule has 2 saturated heterocycles. The molecule has 2 aliphatic heterocycles. The minimum atomic E-state index is 0. The van der Waals surface area contributed by atoms with Gasteiger partial charge in [-0.15, -0.1) is 36.2 Å². The number of carbonyl (C=O) groups is 1. The Morgan fingerprint density at radius 2 is 2.08 bits per heavy atom. The van der Waals surface area contributed by atoms with Crippen molar-refractivity contribution >= 4 is 47.2 Å². The molecule has 4 rings (SSSR count). The van der Waals surface area contributed by atoms with E-state index in [4.69, 9.17) is 0 Å². The zero-order valence-electron chi connectivity index (χ0n) is 14.8. The van der Waals surface area contributed by atoms with Gasteiger partial charge in [-0.2, -0.15) is 0 Å². The van der Waals surface area contributed by atoms with Crippen LogP contribution in [0, 0.1) is 18.8 Å². The van der Waals surface area contributed by atoms with Crippen molar-refractivity contribution in [3.8, 4) is 0 Å². The number of amides is 1. The maximum absolute atomic E-state index is 13.1. The molecule has 2 N–H and O–H groups in total. The fraction of sp³-hybridized carbons (Fsp3) is 0.444. The first-order valence-corrected chi connectivity index (χ1v) is 9.27. The van der Waals surface area contributed by atoms with Gasteiger partial charge >= 0.3 is 0 Å². The number of fused-ring (bicyclic) bond motifs is 1. The third-order valence-corrected chi connectivity index (χ3v) is 6.13. The number of nitrogens with zero attached hydrogens (tertiary/aromatic N) is 2. The smallest absolute Gasteiger partial charge is 0.273 e. The molecule has 3 atom stereocenters. The molecule has 2 fully saturated rings. The third kappa shape index (κ3) is 3.56. The lowest BCUT2D eigenvalue weighted by atomic mass is 9.87. The first-order valence-electron chi connectivity index (χ1n) is 8.39. The van der Waals surface area contributed by atoms with Crippen LogP contribution in [0.15, 0.2) is 29.6 Å². The average molecular weight is 415 g/mol. The van der Waals surface area contributed by atoms with Crippen LogP contribution < -0.4 is 10.6 Å². The molecule has 1 amide bonds. The summed E-state index contributed by atoms with van der Waals surface area (Å²) in [5.74, 6) is 1.06. The Kier molecular flexibility index (Phi) is 6.91. The molecule has 2 aliphatic rings. The van der Waals surface area contributed by atoms with E-state index in [9.17, 15) is 4.79 Å². The first kappa shape index (κ1) is 21.0. The van der Waals surface area contributed by atoms with Crippen LogP contribution in [-0.2, 0) is 0 Å². The molecule has 0 unspecified atom stereocenters. The third-order valence-electron chi connectivity index (χ3n) is 5.27. The molecule has 0 spiro atoms. The molecule has 1 aromatic carbocycles. The van der Waals surface area contributed by atoms with Crippen LogP contribution in [0.25, 0.3) is 0 Å². The maximum atomic E-state index is 13.1. The second kappa shape index (κ2) is 8.57. The summed E-state index contributed by atoms with van der Waals surface area (Å²) in [7, 11) is 1.83. The van der Waals surface area contributed by atoms with Gasteiger partial charge in [-0.3, -0.25) is 4.79 Å². The number of anilines is 1. The number of aryl methyl sites for hydroxylation is 1. The zero-order valence-corrected chi connectivity index (χ0v) is 17.2. The summed E-state index contributed by atoms with van der Waals surface area (Å²) in [6.45, 7) is 4.92. The highest BCUT2D eigenvalue weighted by Crippen LogP contribution is 2.44. The Labute approximate surface area is 170 Å². The van der Waals surface area contributed by atoms with Gasteiger partial charge in [0, 0.05) is 38.0 Å². The standard InChI is InChI=1S/C18H22N4OS.2ClH/c1-11-5-3-4-6-13(11)16-14-8-20-7-12(14)9-22(16)17(23)15-10-24-18(19-2)21-15;;/h3-6,10,12,14,16,20H,7-9H2,1-2H3,(H,19,21);2*1H/t12-,14-,16-;;/m0../s1. The monoisotopic (exact) mass is 414 g/mol. The van der Waals surface area contributed by atoms with Crippen molar-refractivity contribution < 1.29 is 4.79 Å². The molecule has 0 radical (unpaired) electrons. The van der Waals surface area contributed by atoms with E-state index in [0.29, 0.717) is 17.5 Å². The van der Waals surface area contributed by atoms with Gasteiger partial charge in [0.15, 0.2) is 5.13 Å². The van der Waals surface area contributed by atoms with Crippen LogP contribution in [-0.4, -0.2) is 42.5 Å². The van der Waals surface area contributed by atoms with E-state index < -0.39 is 0 Å². The number of nitrogens with one attached hydrogen (secondary N) is 2. The maximum Gasteiger partial charge on any atom is 0.273 e. The summed E-state index contributed by atoms with van der Waals surface area (Å²) in [6, 6.07) is 8.57. The van der Waals surface area contributed by atoms with Gasteiger partial charge in [0.25, 0.3) is 5.91 Å². The van der Waals surface area contributed by atoms with Crippen LogP contribution in [0.5, 0.6) is 0 Å². The number of rotatable bonds is 3. The number of hydrogen-bond donors (Lipinski definition) is 2. The largest absolute Gasteiger partial charge is 0.365 e. The summed E-state index contributed by atoms with van der Waals surface area (Å²) >= 11 is 1.48. The number of likely N-dealkylation sites (tertiary alicyclic amines) is 1. The number of hydrogen-bond acceptors (Lipinski definition) is 5. The van der Waals surface area contributed by atoms with E-state index in [1.807, 2.05) is 17.3 Å². The normalized spacial score (nSPS) is 23.8. The Balaban J connectivity index is 0.00000121. The van der Waals surface area contributed by atoms with Crippen LogP contribution in [0.4, 0.5) is 5.13 Å². The van der Waals surface area contributed by atoms with Gasteiger partial charge in [0.1, 0.15) is 5.69 Å². The minimum absolute atomic E-state index is 0. The highest BCUT2D eigenvalue weighted by molar-refractivity contribution is 7.13. The Hall–Kier alpha value is -1.34. The van der Waals surface area contributed by atoms with Gasteiger partial charge in [0.05, 0.1) is 6.04 Å². The lowest BCUT2D eigenvalue weighted by molar-refractivity contribution is 0.0708. The second-order valence-corrected chi connectivity index (χ2v) is 7.49. The van der Waals surface area contributed by atoms with Crippen LogP contribution >= 0.6 is 36.2 Å². The quantitative estimate of drug-likeness (QED) is 0.807. The highest BCUT2D eigenvalue weighted by atomic mass is 35.5. The van der Waals surface area contributed by atoms with Crippen molar-refractivity contribution in [2.24, 2.45) is 11.8 Å². The lowest BCUT2D eigenvalue weighted by Gasteiger charge is -2.29. The van der Waals surface area contributed by atoms with Gasteiger partial charge < -0.3 is 15.5 Å². The number of aromatic nitrogens is 1. The predicted octanol–water partition coefficient (Wildman–Crippen LogP) is 3.37. The summed E-state index contributed by atoms with van der Waals surface area (Å²) in [4.78, 5) is 19.6. The summed E-state index contributed by atoms with van der Waals surface area (Å²) in [5.41, 5.74) is 3.07. The summed E-state index contributed by atoms with van der Waals surface area (Å²) in [5, 5.41) is 9.15. The van der Waals surface area contributed by atoms with Crippen LogP contribution in [0.3, 0.4) is 0 Å². The van der Waals surface area contributed by atoms with Crippen LogP contribution in [0.1, 0.15) is 27.7 Å². The molecule has 26 heavy (non-hydrogen) atoms. The minimum Gasteiger partial charge on any atom is -0.365 e. The molecule has 0 aliphatic carbocycles. The number of thiazole rings is 1. The summed E-state index contributed by atoms with van der Waals surface area (Å²) < 4.78 is 0. The molecule has 2 aromatic rings. The fourth-order valence-corrected chi connectivity index (χ4v) is 4.73. The molecule has 1 aromatic heterocycles. The Morgan fingerprint density at radius 3 is 2.77 bits per heavy atom. The average Bonchev–Trinajstić information content (AvgIpc) is 3.30. The molecular formula is C18H24Cl2N4OS. The van der Waals surface area contributed by atoms with Crippen molar-refractivity contribution in [1.82, 2.24) is 15.2 Å². The van der Waals surface area contributed by atoms with E-state index in [2.05, 4.69) is 46.8 Å². The van der Waals surface area contributed by atoms with Crippen molar-refractivity contribution in [1.29, 1.82) is 0 Å². The van der Waals surface area contributed by atoms with E-state index in [1.54, 1.807) is 0 Å². The van der Waals surface area contributed by atoms with Crippen LogP contribution in [0.2, 0.25) is 0 Å². The molecule has 0 saturated carbocycles. The van der Waals surface area contributed by atoms with Gasteiger partial charge in [0.2, 0.25) is 0 Å². The van der Waals surface area contributed by atoms with E-state index in [0.717, 1.165) is 24.8 Å². The molecular weight excluding hydrogens is 391 g/mol. The second-order valence-electron chi connectivity index (χ2n) is 6.63. The molecule has 0 bridgehead atoms. The van der Waals surface area contributed by atoms with E-state index >= 15 is 0 Å². The van der Waals surface area contributed by atoms with E-state index in [-0.39, 0.29) is 36.8 Å². The highest BCUT2D eigenvalue weighted by Gasteiger charge is 2.47. The number of halogens is 2. The molecule has 8 heteroatoms. The zero-order chi connectivity index (χ0) is 16.7. The van der Waals surface area contributed by atoms with E-state index in [1.165, 1.54) is 22.5 Å². The van der Waals surface area contributed by atoms with Gasteiger partial charge in [-0.25, -0.2) is 4.98 Å². The van der Waals surface area contributed by atoms with Gasteiger partial charge in [-0.1, -0.05) is 24.3 Å². The fourth-order valence-electron chi connectivity index (χ4n) is 4.08. The van der Waals surface area contributed by atoms with Crippen molar-refractivity contribution in [3.63, 3.8) is 0 Å². The number of benzene rings is 1. The molecule has 5 nitrogen and oxygen atoms in total. The topological polar surface area (TPSA) is 57.3 Å². The number of carbonyl (C=O) groups excluding carboxylic acids is 1. The van der Waals surface area contributed by atoms with Crippen molar-refractivity contribution in [2.75, 3.05) is 32.0 Å². The lowest BCUT2D eigenvalue weighted by Crippen LogP contribution is -2.35. The predicted molar refractivity (Wildman–Crippen MR) is 111 cm³/mol. The Bertz CT molecular complexity index is 769. The molecule has 142 valence electrons.